The molecule has 1 aliphatic rings. The molecule has 1 heteroatoms. The minimum atomic E-state index is 1.17. The maximum absolute atomic E-state index is 4.32. The number of allylic oxidation sites excluding steroid dienone is 3. The molecule has 0 saturated carbocycles. The van der Waals surface area contributed by atoms with E-state index in [1.807, 2.05) is 12.3 Å². The number of unbranched alkanes of at least 4 members (excludes halogenated alkanes) is 14. The van der Waals surface area contributed by atoms with Gasteiger partial charge in [-0.1, -0.05) is 96.8 Å². The lowest BCUT2D eigenvalue weighted by Gasteiger charge is -2.04. The second-order valence-corrected chi connectivity index (χ2v) is 6.83. The summed E-state index contributed by atoms with van der Waals surface area (Å²) in [6.07, 6.45) is 28.8. The summed E-state index contributed by atoms with van der Waals surface area (Å²) in [5.41, 5.74) is 1.27. The van der Waals surface area contributed by atoms with Gasteiger partial charge >= 0.3 is 0 Å². The predicted octanol–water partition coefficient (Wildman–Crippen LogP) is 7.26. The molecule has 0 spiro atoms. The fraction of sp³-hybridized carbons (Fsp3) is 0.810. The topological polar surface area (TPSA) is 14.1 Å². The van der Waals surface area contributed by atoms with Crippen LogP contribution in [0.15, 0.2) is 24.0 Å². The second kappa shape index (κ2) is 15.2. The molecular weight excluding hydrogens is 266 g/mol. The third-order valence-corrected chi connectivity index (χ3v) is 4.65. The van der Waals surface area contributed by atoms with E-state index in [4.69, 9.17) is 0 Å². The molecule has 1 nitrogen and oxygen atoms in total. The molecule has 0 aliphatic carbocycles. The van der Waals surface area contributed by atoms with Gasteiger partial charge in [-0.25, -0.2) is 0 Å². The van der Waals surface area contributed by atoms with Gasteiger partial charge in [0.05, 0.1) is 0 Å². The van der Waals surface area contributed by atoms with Gasteiger partial charge in [-0.05, 0) is 25.0 Å². The number of rotatable bonds is 16. The van der Waals surface area contributed by atoms with E-state index in [1.54, 1.807) is 0 Å². The van der Waals surface area contributed by atoms with E-state index in [0.717, 1.165) is 0 Å². The van der Waals surface area contributed by atoms with Crippen LogP contribution < -0.4 is 5.32 Å². The van der Waals surface area contributed by atoms with Gasteiger partial charge in [-0.15, -0.1) is 0 Å². The average molecular weight is 305 g/mol. The second-order valence-electron chi connectivity index (χ2n) is 6.83. The van der Waals surface area contributed by atoms with Crippen molar-refractivity contribution in [2.45, 2.75) is 110 Å². The Morgan fingerprint density at radius 2 is 1.09 bits per heavy atom. The van der Waals surface area contributed by atoms with Gasteiger partial charge in [0.15, 0.2) is 0 Å². The molecule has 0 aromatic carbocycles. The SMILES string of the molecule is CCCCCCCCCCCCCCCCCC1=CC=C[N]1. The summed E-state index contributed by atoms with van der Waals surface area (Å²) in [5, 5.41) is 4.32. The van der Waals surface area contributed by atoms with Crippen molar-refractivity contribution in [3.8, 4) is 0 Å². The molecular formula is C21H38N. The highest BCUT2D eigenvalue weighted by Gasteiger charge is 1.99. The van der Waals surface area contributed by atoms with Crippen LogP contribution in [0.25, 0.3) is 0 Å². The Hall–Kier alpha value is -0.720. The number of hydrogen-bond donors (Lipinski definition) is 0. The first-order valence-corrected chi connectivity index (χ1v) is 10.00. The zero-order valence-corrected chi connectivity index (χ0v) is 15.0. The first-order valence-electron chi connectivity index (χ1n) is 10.00. The van der Waals surface area contributed by atoms with Gasteiger partial charge in [0, 0.05) is 11.9 Å². The van der Waals surface area contributed by atoms with Crippen LogP contribution in [0.4, 0.5) is 0 Å². The molecule has 1 rings (SSSR count). The normalized spacial score (nSPS) is 13.4. The summed E-state index contributed by atoms with van der Waals surface area (Å²) in [6, 6.07) is 0. The Labute approximate surface area is 139 Å². The molecule has 0 aromatic rings. The Kier molecular flexibility index (Phi) is 13.3. The van der Waals surface area contributed by atoms with Gasteiger partial charge in [-0.2, -0.15) is 0 Å². The van der Waals surface area contributed by atoms with Crippen molar-refractivity contribution in [1.29, 1.82) is 0 Å². The molecule has 1 radical (unpaired) electrons. The van der Waals surface area contributed by atoms with Crippen LogP contribution in [0.2, 0.25) is 0 Å². The maximum Gasteiger partial charge on any atom is 0.0404 e. The minimum Gasteiger partial charge on any atom is -0.261 e. The summed E-state index contributed by atoms with van der Waals surface area (Å²) < 4.78 is 0. The monoisotopic (exact) mass is 304 g/mol. The lowest BCUT2D eigenvalue weighted by atomic mass is 10.0. The highest BCUT2D eigenvalue weighted by atomic mass is 14.9. The summed E-state index contributed by atoms with van der Waals surface area (Å²) in [5.74, 6) is 0. The van der Waals surface area contributed by atoms with Gasteiger partial charge in [-0.3, -0.25) is 5.32 Å². The lowest BCUT2D eigenvalue weighted by molar-refractivity contribution is 0.531. The third kappa shape index (κ3) is 11.9. The summed E-state index contributed by atoms with van der Waals surface area (Å²) >= 11 is 0. The zero-order valence-electron chi connectivity index (χ0n) is 15.0. The van der Waals surface area contributed by atoms with Crippen molar-refractivity contribution in [2.75, 3.05) is 0 Å². The third-order valence-electron chi connectivity index (χ3n) is 4.65. The van der Waals surface area contributed by atoms with Crippen molar-refractivity contribution in [2.24, 2.45) is 0 Å². The quantitative estimate of drug-likeness (QED) is 0.266. The maximum atomic E-state index is 4.32. The number of hydrogen-bond acceptors (Lipinski definition) is 0. The minimum absolute atomic E-state index is 1.17. The molecule has 0 atom stereocenters. The van der Waals surface area contributed by atoms with E-state index < -0.39 is 0 Å². The van der Waals surface area contributed by atoms with Crippen molar-refractivity contribution in [3.05, 3.63) is 24.0 Å². The smallest absolute Gasteiger partial charge is 0.0404 e. The largest absolute Gasteiger partial charge is 0.261 e. The fourth-order valence-corrected chi connectivity index (χ4v) is 3.16. The van der Waals surface area contributed by atoms with E-state index >= 15 is 0 Å². The Bertz CT molecular complexity index is 290. The van der Waals surface area contributed by atoms with Crippen molar-refractivity contribution < 1.29 is 0 Å². The molecule has 0 bridgehead atoms. The van der Waals surface area contributed by atoms with Crippen LogP contribution in [-0.2, 0) is 0 Å². The average Bonchev–Trinajstić information content (AvgIpc) is 3.04. The zero-order chi connectivity index (χ0) is 15.7. The van der Waals surface area contributed by atoms with Gasteiger partial charge < -0.3 is 0 Å². The summed E-state index contributed by atoms with van der Waals surface area (Å²) in [7, 11) is 0. The first kappa shape index (κ1) is 19.3. The molecule has 1 aliphatic heterocycles. The fourth-order valence-electron chi connectivity index (χ4n) is 3.16. The van der Waals surface area contributed by atoms with E-state index in [9.17, 15) is 0 Å². The summed E-state index contributed by atoms with van der Waals surface area (Å²) in [6.45, 7) is 2.29. The van der Waals surface area contributed by atoms with Gasteiger partial charge in [0.25, 0.3) is 0 Å². The van der Waals surface area contributed by atoms with Crippen molar-refractivity contribution >= 4 is 0 Å². The van der Waals surface area contributed by atoms with Crippen LogP contribution in [0, 0.1) is 0 Å². The molecule has 0 saturated heterocycles. The Balaban J connectivity index is 1.66. The van der Waals surface area contributed by atoms with Crippen LogP contribution in [-0.4, -0.2) is 0 Å². The van der Waals surface area contributed by atoms with E-state index in [2.05, 4.69) is 18.3 Å². The molecule has 22 heavy (non-hydrogen) atoms. The molecule has 127 valence electrons. The van der Waals surface area contributed by atoms with E-state index in [1.165, 1.54) is 108 Å². The first-order chi connectivity index (χ1) is 10.9. The highest BCUT2D eigenvalue weighted by Crippen LogP contribution is 2.15. The van der Waals surface area contributed by atoms with Crippen LogP contribution in [0.3, 0.4) is 0 Å². The molecule has 1 heterocycles. The van der Waals surface area contributed by atoms with Gasteiger partial charge in [0.2, 0.25) is 0 Å². The predicted molar refractivity (Wildman–Crippen MR) is 98.9 cm³/mol. The molecule has 0 unspecified atom stereocenters. The molecule has 0 N–H and O–H groups in total. The van der Waals surface area contributed by atoms with E-state index in [0.29, 0.717) is 0 Å². The van der Waals surface area contributed by atoms with Crippen LogP contribution in [0.5, 0.6) is 0 Å². The molecule has 0 fully saturated rings. The lowest BCUT2D eigenvalue weighted by Crippen LogP contribution is -1.92. The van der Waals surface area contributed by atoms with Crippen molar-refractivity contribution in [1.82, 2.24) is 5.32 Å². The van der Waals surface area contributed by atoms with Crippen LogP contribution >= 0.6 is 0 Å². The Morgan fingerprint density at radius 1 is 0.636 bits per heavy atom. The van der Waals surface area contributed by atoms with Crippen molar-refractivity contribution in [3.63, 3.8) is 0 Å². The standard InChI is InChI=1S/C21H38N/c1-2-3-4-5-6-7-8-9-10-11-12-13-14-15-16-18-21-19-17-20-22-21/h17,19-20H,2-16,18H2,1H3. The Morgan fingerprint density at radius 3 is 1.50 bits per heavy atom. The van der Waals surface area contributed by atoms with Crippen LogP contribution in [0.1, 0.15) is 110 Å². The molecule has 0 aromatic heterocycles. The molecule has 0 amide bonds. The number of nitrogens with zero attached hydrogens (tertiary/aromatic N) is 1. The van der Waals surface area contributed by atoms with Gasteiger partial charge in [0.1, 0.15) is 0 Å². The summed E-state index contributed by atoms with van der Waals surface area (Å²) in [4.78, 5) is 0. The van der Waals surface area contributed by atoms with E-state index in [-0.39, 0.29) is 0 Å². The highest BCUT2D eigenvalue weighted by molar-refractivity contribution is 5.18.